The van der Waals surface area contributed by atoms with E-state index in [0.29, 0.717) is 31.1 Å². The summed E-state index contributed by atoms with van der Waals surface area (Å²) in [6.07, 6.45) is 2.81. The van der Waals surface area contributed by atoms with E-state index in [1.54, 1.807) is 11.0 Å². The lowest BCUT2D eigenvalue weighted by atomic mass is 10.1. The maximum absolute atomic E-state index is 12.4. The number of aromatic nitrogens is 1. The molecule has 2 heterocycles. The zero-order chi connectivity index (χ0) is 13.4. The van der Waals surface area contributed by atoms with Gasteiger partial charge in [-0.15, -0.1) is 0 Å². The number of piperazine rings is 1. The van der Waals surface area contributed by atoms with Crippen molar-refractivity contribution in [2.45, 2.75) is 38.1 Å². The second-order valence-electron chi connectivity index (χ2n) is 5.10. The van der Waals surface area contributed by atoms with Gasteiger partial charge in [0.2, 0.25) is 5.91 Å². The Kier molecular flexibility index (Phi) is 3.00. The zero-order valence-electron chi connectivity index (χ0n) is 10.9. The quantitative estimate of drug-likeness (QED) is 0.879. The molecule has 1 saturated carbocycles. The van der Waals surface area contributed by atoms with E-state index in [-0.39, 0.29) is 11.8 Å². The number of nitrogens with one attached hydrogen (secondary N) is 1. The van der Waals surface area contributed by atoms with Crippen molar-refractivity contribution in [1.82, 2.24) is 15.4 Å². The number of amides is 2. The van der Waals surface area contributed by atoms with E-state index in [9.17, 15) is 9.59 Å². The minimum Gasteiger partial charge on any atom is -0.360 e. The van der Waals surface area contributed by atoms with E-state index >= 15 is 0 Å². The van der Waals surface area contributed by atoms with Gasteiger partial charge in [-0.2, -0.15) is 0 Å². The number of hydrogen-bond acceptors (Lipinski definition) is 4. The van der Waals surface area contributed by atoms with Gasteiger partial charge in [0, 0.05) is 25.1 Å². The smallest absolute Gasteiger partial charge is 0.276 e. The molecule has 0 unspecified atom stereocenters. The van der Waals surface area contributed by atoms with Gasteiger partial charge in [0.15, 0.2) is 5.69 Å². The Labute approximate surface area is 111 Å². The Balaban J connectivity index is 1.78. The van der Waals surface area contributed by atoms with Crippen molar-refractivity contribution in [3.05, 3.63) is 17.5 Å². The maximum atomic E-state index is 12.4. The fourth-order valence-corrected chi connectivity index (χ4v) is 2.46. The first-order chi connectivity index (χ1) is 9.20. The molecule has 1 aliphatic heterocycles. The van der Waals surface area contributed by atoms with E-state index in [0.717, 1.165) is 18.6 Å². The summed E-state index contributed by atoms with van der Waals surface area (Å²) >= 11 is 0. The van der Waals surface area contributed by atoms with Gasteiger partial charge in [0.1, 0.15) is 11.8 Å². The summed E-state index contributed by atoms with van der Waals surface area (Å²) in [5, 5.41) is 6.62. The van der Waals surface area contributed by atoms with Crippen molar-refractivity contribution in [2.75, 3.05) is 13.1 Å². The van der Waals surface area contributed by atoms with Crippen molar-refractivity contribution in [1.29, 1.82) is 0 Å². The van der Waals surface area contributed by atoms with Crippen LogP contribution < -0.4 is 5.32 Å². The van der Waals surface area contributed by atoms with Gasteiger partial charge < -0.3 is 14.7 Å². The highest BCUT2D eigenvalue weighted by atomic mass is 16.5. The Morgan fingerprint density at radius 3 is 3.05 bits per heavy atom. The van der Waals surface area contributed by atoms with Gasteiger partial charge in [-0.1, -0.05) is 12.1 Å². The molecule has 0 spiro atoms. The maximum Gasteiger partial charge on any atom is 0.276 e. The molecule has 1 aromatic heterocycles. The summed E-state index contributed by atoms with van der Waals surface area (Å²) in [5.74, 6) is 0.920. The van der Waals surface area contributed by atoms with E-state index in [1.807, 2.05) is 6.92 Å². The SMILES string of the molecule is CC[C@@H]1C(=O)NCCN1C(=O)c1cc(C2CC2)on1. The molecule has 1 N–H and O–H groups in total. The monoisotopic (exact) mass is 263 g/mol. The van der Waals surface area contributed by atoms with Gasteiger partial charge in [-0.3, -0.25) is 9.59 Å². The molecule has 1 aromatic rings. The average Bonchev–Trinajstić information content (AvgIpc) is 3.15. The number of carbonyl (C=O) groups is 2. The molecule has 1 atom stereocenters. The van der Waals surface area contributed by atoms with E-state index in [4.69, 9.17) is 4.52 Å². The van der Waals surface area contributed by atoms with Crippen LogP contribution in [0.4, 0.5) is 0 Å². The summed E-state index contributed by atoms with van der Waals surface area (Å²) in [6.45, 7) is 2.91. The Morgan fingerprint density at radius 1 is 1.58 bits per heavy atom. The topological polar surface area (TPSA) is 75.4 Å². The van der Waals surface area contributed by atoms with Crippen LogP contribution in [0.1, 0.15) is 48.4 Å². The van der Waals surface area contributed by atoms with Crippen LogP contribution in [0.3, 0.4) is 0 Å². The second kappa shape index (κ2) is 4.68. The lowest BCUT2D eigenvalue weighted by molar-refractivity contribution is -0.127. The first-order valence-electron chi connectivity index (χ1n) is 6.76. The fourth-order valence-electron chi connectivity index (χ4n) is 2.46. The molecule has 3 rings (SSSR count). The van der Waals surface area contributed by atoms with Crippen LogP contribution in [0, 0.1) is 0 Å². The van der Waals surface area contributed by atoms with Crippen molar-refractivity contribution < 1.29 is 14.1 Å². The van der Waals surface area contributed by atoms with Crippen LogP contribution in [-0.4, -0.2) is 41.0 Å². The lowest BCUT2D eigenvalue weighted by Crippen LogP contribution is -2.56. The van der Waals surface area contributed by atoms with E-state index < -0.39 is 6.04 Å². The molecule has 2 fully saturated rings. The molecule has 19 heavy (non-hydrogen) atoms. The van der Waals surface area contributed by atoms with Gasteiger partial charge in [-0.05, 0) is 19.3 Å². The summed E-state index contributed by atoms with van der Waals surface area (Å²) in [6, 6.07) is 1.32. The van der Waals surface area contributed by atoms with Crippen LogP contribution in [0.25, 0.3) is 0 Å². The summed E-state index contributed by atoms with van der Waals surface area (Å²) in [5.41, 5.74) is 0.315. The second-order valence-corrected chi connectivity index (χ2v) is 5.10. The largest absolute Gasteiger partial charge is 0.360 e. The van der Waals surface area contributed by atoms with Gasteiger partial charge >= 0.3 is 0 Å². The van der Waals surface area contributed by atoms with E-state index in [2.05, 4.69) is 10.5 Å². The van der Waals surface area contributed by atoms with Crippen LogP contribution >= 0.6 is 0 Å². The highest BCUT2D eigenvalue weighted by Gasteiger charge is 2.35. The van der Waals surface area contributed by atoms with Crippen LogP contribution in [0.15, 0.2) is 10.6 Å². The predicted molar refractivity (Wildman–Crippen MR) is 66.6 cm³/mol. The van der Waals surface area contributed by atoms with Crippen molar-refractivity contribution in [2.24, 2.45) is 0 Å². The zero-order valence-corrected chi connectivity index (χ0v) is 10.9. The van der Waals surface area contributed by atoms with Crippen molar-refractivity contribution in [3.63, 3.8) is 0 Å². The first-order valence-corrected chi connectivity index (χ1v) is 6.76. The normalized spacial score (nSPS) is 23.3. The molecule has 6 heteroatoms. The molecule has 2 amide bonds. The summed E-state index contributed by atoms with van der Waals surface area (Å²) in [4.78, 5) is 25.7. The van der Waals surface area contributed by atoms with Gasteiger partial charge in [0.25, 0.3) is 5.91 Å². The molecule has 0 radical (unpaired) electrons. The minimum absolute atomic E-state index is 0.0898. The molecule has 6 nitrogen and oxygen atoms in total. The molecule has 0 bridgehead atoms. The molecule has 2 aliphatic rings. The third kappa shape index (κ3) is 2.22. The van der Waals surface area contributed by atoms with Crippen LogP contribution in [0.2, 0.25) is 0 Å². The van der Waals surface area contributed by atoms with Crippen molar-refractivity contribution >= 4 is 11.8 Å². The standard InChI is InChI=1S/C13H17N3O3/c1-2-10-12(17)14-5-6-16(10)13(18)9-7-11(19-15-9)8-3-4-8/h7-8,10H,2-6H2,1H3,(H,14,17)/t10-/m1/s1. The van der Waals surface area contributed by atoms with Crippen LogP contribution in [0.5, 0.6) is 0 Å². The summed E-state index contributed by atoms with van der Waals surface area (Å²) < 4.78 is 5.20. The molecule has 1 saturated heterocycles. The van der Waals surface area contributed by atoms with Gasteiger partial charge in [0.05, 0.1) is 0 Å². The highest BCUT2D eigenvalue weighted by Crippen LogP contribution is 2.40. The Morgan fingerprint density at radius 2 is 2.37 bits per heavy atom. The first kappa shape index (κ1) is 12.2. The van der Waals surface area contributed by atoms with Crippen LogP contribution in [-0.2, 0) is 4.79 Å². The van der Waals surface area contributed by atoms with Crippen molar-refractivity contribution in [3.8, 4) is 0 Å². The number of rotatable bonds is 3. The molecule has 102 valence electrons. The molecule has 1 aliphatic carbocycles. The average molecular weight is 263 g/mol. The predicted octanol–water partition coefficient (Wildman–Crippen LogP) is 0.903. The molecular formula is C13H17N3O3. The number of carbonyl (C=O) groups excluding carboxylic acids is 2. The summed E-state index contributed by atoms with van der Waals surface area (Å²) in [7, 11) is 0. The number of nitrogens with zero attached hydrogens (tertiary/aromatic N) is 2. The third-order valence-electron chi connectivity index (χ3n) is 3.71. The Bertz CT molecular complexity index is 507. The van der Waals surface area contributed by atoms with E-state index in [1.165, 1.54) is 0 Å². The minimum atomic E-state index is -0.401. The Hall–Kier alpha value is -1.85. The fraction of sp³-hybridized carbons (Fsp3) is 0.615. The highest BCUT2D eigenvalue weighted by molar-refractivity contribution is 5.96. The molecule has 0 aromatic carbocycles. The van der Waals surface area contributed by atoms with Gasteiger partial charge in [-0.25, -0.2) is 0 Å². The lowest BCUT2D eigenvalue weighted by Gasteiger charge is -2.33. The molecular weight excluding hydrogens is 246 g/mol. The third-order valence-corrected chi connectivity index (χ3v) is 3.71. The number of hydrogen-bond donors (Lipinski definition) is 1.